The van der Waals surface area contributed by atoms with E-state index in [1.807, 2.05) is 31.2 Å². The maximum atomic E-state index is 13.2. The predicted octanol–water partition coefficient (Wildman–Crippen LogP) is 4.06. The van der Waals surface area contributed by atoms with E-state index >= 15 is 0 Å². The Labute approximate surface area is 179 Å². The van der Waals surface area contributed by atoms with Crippen molar-refractivity contribution in [2.24, 2.45) is 5.92 Å². The molecule has 30 heavy (non-hydrogen) atoms. The quantitative estimate of drug-likeness (QED) is 0.685. The lowest BCUT2D eigenvalue weighted by Gasteiger charge is -2.22. The van der Waals surface area contributed by atoms with Crippen LogP contribution in [0.1, 0.15) is 50.8 Å². The molecule has 1 amide bonds. The lowest BCUT2D eigenvalue weighted by molar-refractivity contribution is -0.118. The van der Waals surface area contributed by atoms with E-state index < -0.39 is 10.0 Å². The summed E-state index contributed by atoms with van der Waals surface area (Å²) in [6.07, 6.45) is 1.77. The van der Waals surface area contributed by atoms with E-state index in [4.69, 9.17) is 4.74 Å². The van der Waals surface area contributed by atoms with Crippen LogP contribution < -0.4 is 14.4 Å². The minimum absolute atomic E-state index is 0.0546. The van der Waals surface area contributed by atoms with Crippen molar-refractivity contribution in [3.63, 3.8) is 0 Å². The van der Waals surface area contributed by atoms with Crippen LogP contribution in [0.25, 0.3) is 0 Å². The zero-order chi connectivity index (χ0) is 21.9. The molecule has 2 aromatic carbocycles. The van der Waals surface area contributed by atoms with Gasteiger partial charge in [0.2, 0.25) is 15.9 Å². The second kappa shape index (κ2) is 9.18. The number of fused-ring (bicyclic) bond motifs is 1. The van der Waals surface area contributed by atoms with Crippen molar-refractivity contribution >= 4 is 21.6 Å². The monoisotopic (exact) mass is 430 g/mol. The number of ether oxygens (including phenoxy) is 1. The Balaban J connectivity index is 1.87. The zero-order valence-corrected chi connectivity index (χ0v) is 18.8. The molecule has 1 N–H and O–H groups in total. The largest absolute Gasteiger partial charge is 0.497 e. The SMILES string of the molecule is CCC(=O)N1CCc2cc(S(=O)(=O)N[C@H](CC(C)C)c3ccc(OC)cc3)ccc21. The molecular weight excluding hydrogens is 400 g/mol. The molecule has 0 aliphatic carbocycles. The van der Waals surface area contributed by atoms with Gasteiger partial charge in [-0.25, -0.2) is 13.1 Å². The summed E-state index contributed by atoms with van der Waals surface area (Å²) >= 11 is 0. The molecule has 1 heterocycles. The molecule has 0 spiro atoms. The van der Waals surface area contributed by atoms with Crippen LogP contribution in [0.4, 0.5) is 5.69 Å². The lowest BCUT2D eigenvalue weighted by Crippen LogP contribution is -2.30. The van der Waals surface area contributed by atoms with E-state index in [9.17, 15) is 13.2 Å². The van der Waals surface area contributed by atoms with Gasteiger partial charge >= 0.3 is 0 Å². The van der Waals surface area contributed by atoms with Crippen molar-refractivity contribution in [1.82, 2.24) is 4.72 Å². The van der Waals surface area contributed by atoms with Gasteiger partial charge in [0.05, 0.1) is 12.0 Å². The number of carbonyl (C=O) groups excluding carboxylic acids is 1. The Morgan fingerprint density at radius 3 is 2.47 bits per heavy atom. The van der Waals surface area contributed by atoms with Gasteiger partial charge in [-0.2, -0.15) is 0 Å². The first-order valence-electron chi connectivity index (χ1n) is 10.3. The molecular formula is C23H30N2O4S. The van der Waals surface area contributed by atoms with Gasteiger partial charge in [-0.3, -0.25) is 4.79 Å². The van der Waals surface area contributed by atoms with Crippen molar-refractivity contribution in [1.29, 1.82) is 0 Å². The Hall–Kier alpha value is -2.38. The second-order valence-electron chi connectivity index (χ2n) is 8.02. The zero-order valence-electron chi connectivity index (χ0n) is 18.0. The topological polar surface area (TPSA) is 75.7 Å². The number of nitrogens with one attached hydrogen (secondary N) is 1. The lowest BCUT2D eigenvalue weighted by atomic mass is 9.98. The fourth-order valence-electron chi connectivity index (χ4n) is 3.81. The number of nitrogens with zero attached hydrogens (tertiary/aromatic N) is 1. The number of benzene rings is 2. The summed E-state index contributed by atoms with van der Waals surface area (Å²) in [6, 6.07) is 12.2. The number of sulfonamides is 1. The normalized spacial score (nSPS) is 14.6. The van der Waals surface area contributed by atoms with Crippen LogP contribution in [-0.4, -0.2) is 28.0 Å². The molecule has 0 radical (unpaired) electrons. The van der Waals surface area contributed by atoms with Gasteiger partial charge in [0, 0.05) is 24.7 Å². The molecule has 0 saturated heterocycles. The first-order chi connectivity index (χ1) is 14.2. The highest BCUT2D eigenvalue weighted by Gasteiger charge is 2.27. The Morgan fingerprint density at radius 2 is 1.87 bits per heavy atom. The number of carbonyl (C=O) groups is 1. The van der Waals surface area contributed by atoms with Gasteiger partial charge in [0.15, 0.2) is 0 Å². The van der Waals surface area contributed by atoms with E-state index in [1.54, 1.807) is 30.2 Å². The number of hydrogen-bond donors (Lipinski definition) is 1. The third kappa shape index (κ3) is 4.84. The van der Waals surface area contributed by atoms with Crippen molar-refractivity contribution in [2.45, 2.75) is 51.0 Å². The smallest absolute Gasteiger partial charge is 0.241 e. The molecule has 0 unspecified atom stereocenters. The van der Waals surface area contributed by atoms with Gasteiger partial charge in [-0.1, -0.05) is 32.9 Å². The summed E-state index contributed by atoms with van der Waals surface area (Å²) in [6.45, 7) is 6.57. The van der Waals surface area contributed by atoms with Crippen LogP contribution in [0.2, 0.25) is 0 Å². The summed E-state index contributed by atoms with van der Waals surface area (Å²) in [5.41, 5.74) is 2.60. The second-order valence-corrected chi connectivity index (χ2v) is 9.73. The Kier molecular flexibility index (Phi) is 6.83. The van der Waals surface area contributed by atoms with Crippen LogP contribution in [0.3, 0.4) is 0 Å². The highest BCUT2D eigenvalue weighted by molar-refractivity contribution is 7.89. The van der Waals surface area contributed by atoms with Crippen LogP contribution in [0.15, 0.2) is 47.4 Å². The predicted molar refractivity (Wildman–Crippen MR) is 118 cm³/mol. The molecule has 7 heteroatoms. The van der Waals surface area contributed by atoms with E-state index in [0.717, 1.165) is 22.6 Å². The van der Waals surface area contributed by atoms with E-state index in [2.05, 4.69) is 18.6 Å². The van der Waals surface area contributed by atoms with Gasteiger partial charge in [0.25, 0.3) is 0 Å². The third-order valence-electron chi connectivity index (χ3n) is 5.38. The fourth-order valence-corrected chi connectivity index (χ4v) is 5.10. The van der Waals surface area contributed by atoms with E-state index in [-0.39, 0.29) is 16.8 Å². The first-order valence-corrected chi connectivity index (χ1v) is 11.8. The number of methoxy groups -OCH3 is 1. The summed E-state index contributed by atoms with van der Waals surface area (Å²) in [5.74, 6) is 1.10. The summed E-state index contributed by atoms with van der Waals surface area (Å²) in [4.78, 5) is 14.1. The summed E-state index contributed by atoms with van der Waals surface area (Å²) in [5, 5.41) is 0. The van der Waals surface area contributed by atoms with Crippen LogP contribution in [0, 0.1) is 5.92 Å². The molecule has 0 aromatic heterocycles. The van der Waals surface area contributed by atoms with Gasteiger partial charge in [-0.05, 0) is 60.2 Å². The van der Waals surface area contributed by atoms with E-state index in [0.29, 0.717) is 31.7 Å². The average Bonchev–Trinajstić information content (AvgIpc) is 3.15. The molecule has 0 bridgehead atoms. The number of hydrogen-bond acceptors (Lipinski definition) is 4. The molecule has 1 atom stereocenters. The number of rotatable bonds is 8. The van der Waals surface area contributed by atoms with Crippen LogP contribution >= 0.6 is 0 Å². The Bertz CT molecular complexity index is 1000. The maximum absolute atomic E-state index is 13.2. The Morgan fingerprint density at radius 1 is 1.17 bits per heavy atom. The maximum Gasteiger partial charge on any atom is 0.241 e. The molecule has 1 aliphatic rings. The van der Waals surface area contributed by atoms with Gasteiger partial charge in [-0.15, -0.1) is 0 Å². The highest BCUT2D eigenvalue weighted by Crippen LogP contribution is 2.32. The van der Waals surface area contributed by atoms with Crippen molar-refractivity contribution in [2.75, 3.05) is 18.6 Å². The minimum Gasteiger partial charge on any atom is -0.497 e. The molecule has 6 nitrogen and oxygen atoms in total. The molecule has 2 aromatic rings. The highest BCUT2D eigenvalue weighted by atomic mass is 32.2. The minimum atomic E-state index is -3.72. The molecule has 0 saturated carbocycles. The van der Waals surface area contributed by atoms with Crippen LogP contribution in [-0.2, 0) is 21.2 Å². The molecule has 162 valence electrons. The van der Waals surface area contributed by atoms with E-state index in [1.165, 1.54) is 0 Å². The van der Waals surface area contributed by atoms with Crippen molar-refractivity contribution in [3.8, 4) is 5.75 Å². The third-order valence-corrected chi connectivity index (χ3v) is 6.85. The van der Waals surface area contributed by atoms with Gasteiger partial charge in [0.1, 0.15) is 5.75 Å². The molecule has 0 fully saturated rings. The summed E-state index contributed by atoms with van der Waals surface area (Å²) in [7, 11) is -2.11. The fraction of sp³-hybridized carbons (Fsp3) is 0.435. The van der Waals surface area contributed by atoms with Gasteiger partial charge < -0.3 is 9.64 Å². The number of anilines is 1. The average molecular weight is 431 g/mol. The van der Waals surface area contributed by atoms with Crippen LogP contribution in [0.5, 0.6) is 5.75 Å². The first kappa shape index (κ1) is 22.3. The van der Waals surface area contributed by atoms with Crippen molar-refractivity contribution < 1.29 is 17.9 Å². The standard InChI is InChI=1S/C23H30N2O4S/c1-5-23(26)25-13-12-18-15-20(10-11-22(18)25)30(27,28)24-21(14-16(2)3)17-6-8-19(29-4)9-7-17/h6-11,15-16,21,24H,5,12-14H2,1-4H3/t21-/m1/s1. The molecule has 3 rings (SSSR count). The molecule has 1 aliphatic heterocycles. The summed E-state index contributed by atoms with van der Waals surface area (Å²) < 4.78 is 34.4. The van der Waals surface area contributed by atoms with Crippen molar-refractivity contribution in [3.05, 3.63) is 53.6 Å². The number of amides is 1.